The summed E-state index contributed by atoms with van der Waals surface area (Å²) >= 11 is 4.38. The number of carbonyl (C=O) groups excluding carboxylic acids is 2. The number of amides is 2. The highest BCUT2D eigenvalue weighted by molar-refractivity contribution is 9.11. The average molecular weight is 379 g/mol. The fourth-order valence-electron chi connectivity index (χ4n) is 1.20. The summed E-state index contributed by atoms with van der Waals surface area (Å²) < 4.78 is 11.2. The van der Waals surface area contributed by atoms with Crippen molar-refractivity contribution >= 4 is 44.6 Å². The molecule has 0 saturated heterocycles. The standard InChI is InChI=1S/C13H19BrN2O4S/c1-12(2,3)19-10(17)16(9-15-7-8(14)21-9)11(18)20-13(4,5)6/h7H,1-6H3. The van der Waals surface area contributed by atoms with E-state index < -0.39 is 23.4 Å². The zero-order valence-corrected chi connectivity index (χ0v) is 15.3. The monoisotopic (exact) mass is 378 g/mol. The minimum absolute atomic E-state index is 0.186. The number of nitrogens with zero attached hydrogens (tertiary/aromatic N) is 2. The zero-order valence-electron chi connectivity index (χ0n) is 12.9. The van der Waals surface area contributed by atoms with E-state index in [1.165, 1.54) is 6.20 Å². The number of carbonyl (C=O) groups is 2. The molecule has 0 saturated carbocycles. The van der Waals surface area contributed by atoms with E-state index in [1.807, 2.05) is 0 Å². The normalized spacial score (nSPS) is 12.0. The fraction of sp³-hybridized carbons (Fsp3) is 0.615. The number of hydrogen-bond donors (Lipinski definition) is 0. The minimum Gasteiger partial charge on any atom is -0.443 e. The summed E-state index contributed by atoms with van der Waals surface area (Å²) in [4.78, 5) is 29.3. The van der Waals surface area contributed by atoms with Gasteiger partial charge in [0.25, 0.3) is 0 Å². The summed E-state index contributed by atoms with van der Waals surface area (Å²) in [5.41, 5.74) is -1.46. The molecule has 1 rings (SSSR count). The molecule has 21 heavy (non-hydrogen) atoms. The van der Waals surface area contributed by atoms with Gasteiger partial charge in [0, 0.05) is 0 Å². The summed E-state index contributed by atoms with van der Waals surface area (Å²) in [6.07, 6.45) is -0.140. The molecule has 8 heteroatoms. The fourth-order valence-corrected chi connectivity index (χ4v) is 2.36. The van der Waals surface area contributed by atoms with Crippen molar-refractivity contribution in [2.75, 3.05) is 4.90 Å². The van der Waals surface area contributed by atoms with Gasteiger partial charge in [-0.3, -0.25) is 0 Å². The van der Waals surface area contributed by atoms with Crippen LogP contribution in [0.5, 0.6) is 0 Å². The number of halogens is 1. The van der Waals surface area contributed by atoms with Crippen LogP contribution in [0.15, 0.2) is 9.98 Å². The maximum Gasteiger partial charge on any atom is 0.426 e. The highest BCUT2D eigenvalue weighted by Gasteiger charge is 2.34. The van der Waals surface area contributed by atoms with Crippen molar-refractivity contribution in [3.8, 4) is 0 Å². The lowest BCUT2D eigenvalue weighted by atomic mass is 10.2. The van der Waals surface area contributed by atoms with Crippen molar-refractivity contribution in [2.45, 2.75) is 52.7 Å². The van der Waals surface area contributed by atoms with Gasteiger partial charge >= 0.3 is 12.2 Å². The molecule has 0 spiro atoms. The highest BCUT2D eigenvalue weighted by Crippen LogP contribution is 2.29. The highest BCUT2D eigenvalue weighted by atomic mass is 79.9. The topological polar surface area (TPSA) is 68.7 Å². The second-order valence-corrected chi connectivity index (χ2v) is 8.63. The Hall–Kier alpha value is -1.15. The predicted octanol–water partition coefficient (Wildman–Crippen LogP) is 4.58. The largest absolute Gasteiger partial charge is 0.443 e. The van der Waals surface area contributed by atoms with Gasteiger partial charge in [0.2, 0.25) is 5.13 Å². The molecule has 0 aromatic carbocycles. The van der Waals surface area contributed by atoms with E-state index >= 15 is 0 Å². The summed E-state index contributed by atoms with van der Waals surface area (Å²) in [5, 5.41) is 0.186. The van der Waals surface area contributed by atoms with Gasteiger partial charge in [-0.15, -0.1) is 0 Å². The molecule has 0 aliphatic heterocycles. The molecule has 0 N–H and O–H groups in total. The van der Waals surface area contributed by atoms with E-state index in [9.17, 15) is 9.59 Å². The van der Waals surface area contributed by atoms with Crippen LogP contribution >= 0.6 is 27.3 Å². The number of anilines is 1. The van der Waals surface area contributed by atoms with Crippen LogP contribution in [0.4, 0.5) is 14.7 Å². The summed E-state index contributed by atoms with van der Waals surface area (Å²) in [6.45, 7) is 10.3. The van der Waals surface area contributed by atoms with Crippen LogP contribution in [0.1, 0.15) is 41.5 Å². The van der Waals surface area contributed by atoms with Crippen molar-refractivity contribution < 1.29 is 19.1 Å². The Bertz CT molecular complexity index is 503. The van der Waals surface area contributed by atoms with Crippen LogP contribution in [0, 0.1) is 0 Å². The Morgan fingerprint density at radius 1 is 1.10 bits per heavy atom. The van der Waals surface area contributed by atoms with Crippen LogP contribution < -0.4 is 4.90 Å². The molecule has 0 radical (unpaired) electrons. The molecule has 1 aromatic heterocycles. The second kappa shape index (κ2) is 6.31. The second-order valence-electron chi connectivity index (χ2n) is 6.24. The van der Waals surface area contributed by atoms with Crippen LogP contribution in [0.25, 0.3) is 0 Å². The number of ether oxygens (including phenoxy) is 2. The molecule has 0 atom stereocenters. The van der Waals surface area contributed by atoms with Crippen molar-refractivity contribution in [1.82, 2.24) is 4.98 Å². The Kier molecular flexibility index (Phi) is 5.38. The molecular formula is C13H19BrN2O4S. The van der Waals surface area contributed by atoms with Gasteiger partial charge < -0.3 is 9.47 Å². The molecule has 0 fully saturated rings. The predicted molar refractivity (Wildman–Crippen MR) is 84.8 cm³/mol. The Balaban J connectivity index is 3.06. The lowest BCUT2D eigenvalue weighted by molar-refractivity contribution is 0.0430. The molecule has 118 valence electrons. The molecule has 6 nitrogen and oxygen atoms in total. The molecule has 0 bridgehead atoms. The third-order valence-corrected chi connectivity index (χ3v) is 3.27. The van der Waals surface area contributed by atoms with E-state index in [2.05, 4.69) is 20.9 Å². The van der Waals surface area contributed by atoms with E-state index in [0.717, 1.165) is 16.2 Å². The van der Waals surface area contributed by atoms with Gasteiger partial charge in [-0.05, 0) is 57.5 Å². The third-order valence-electron chi connectivity index (χ3n) is 1.81. The summed E-state index contributed by atoms with van der Waals surface area (Å²) in [5.74, 6) is 0. The molecule has 0 aliphatic carbocycles. The first kappa shape index (κ1) is 17.9. The number of aromatic nitrogens is 1. The van der Waals surface area contributed by atoms with Crippen LogP contribution in [0.2, 0.25) is 0 Å². The van der Waals surface area contributed by atoms with E-state index in [1.54, 1.807) is 41.5 Å². The maximum atomic E-state index is 12.3. The quantitative estimate of drug-likeness (QED) is 0.714. The van der Waals surface area contributed by atoms with E-state index in [0.29, 0.717) is 3.79 Å². The molecule has 2 amide bonds. The van der Waals surface area contributed by atoms with Crippen molar-refractivity contribution in [2.24, 2.45) is 0 Å². The molecule has 1 heterocycles. The molecule has 0 aliphatic rings. The van der Waals surface area contributed by atoms with Crippen LogP contribution in [0.3, 0.4) is 0 Å². The number of thiazole rings is 1. The Morgan fingerprint density at radius 2 is 1.52 bits per heavy atom. The first-order valence-corrected chi connectivity index (χ1v) is 7.87. The van der Waals surface area contributed by atoms with Gasteiger partial charge in [-0.2, -0.15) is 4.90 Å². The summed E-state index contributed by atoms with van der Waals surface area (Å²) in [7, 11) is 0. The van der Waals surface area contributed by atoms with Crippen molar-refractivity contribution in [1.29, 1.82) is 0 Å². The minimum atomic E-state index is -0.821. The molecule has 0 unspecified atom stereocenters. The van der Waals surface area contributed by atoms with Crippen molar-refractivity contribution in [3.63, 3.8) is 0 Å². The first-order valence-electron chi connectivity index (χ1n) is 6.26. The van der Waals surface area contributed by atoms with Gasteiger partial charge in [-0.1, -0.05) is 11.3 Å². The van der Waals surface area contributed by atoms with E-state index in [4.69, 9.17) is 9.47 Å². The average Bonchev–Trinajstić information content (AvgIpc) is 2.58. The van der Waals surface area contributed by atoms with Gasteiger partial charge in [0.1, 0.15) is 11.2 Å². The lowest BCUT2D eigenvalue weighted by Crippen LogP contribution is -2.43. The Morgan fingerprint density at radius 3 is 1.81 bits per heavy atom. The number of rotatable bonds is 1. The smallest absolute Gasteiger partial charge is 0.426 e. The third kappa shape index (κ3) is 6.01. The van der Waals surface area contributed by atoms with E-state index in [-0.39, 0.29) is 5.13 Å². The Labute approximate surface area is 136 Å². The SMILES string of the molecule is CC(C)(C)OC(=O)N(C(=O)OC(C)(C)C)c1ncc(Br)s1. The molecular weight excluding hydrogens is 360 g/mol. The first-order chi connectivity index (χ1) is 9.39. The number of imide groups is 1. The molecule has 1 aromatic rings. The summed E-state index contributed by atoms with van der Waals surface area (Å²) in [6, 6.07) is 0. The zero-order chi connectivity index (χ0) is 16.4. The maximum absolute atomic E-state index is 12.3. The lowest BCUT2D eigenvalue weighted by Gasteiger charge is -2.27. The van der Waals surface area contributed by atoms with Gasteiger partial charge in [0.05, 0.1) is 9.98 Å². The van der Waals surface area contributed by atoms with Crippen molar-refractivity contribution in [3.05, 3.63) is 9.98 Å². The van der Waals surface area contributed by atoms with Gasteiger partial charge in [0.15, 0.2) is 0 Å². The number of hydrogen-bond acceptors (Lipinski definition) is 6. The van der Waals surface area contributed by atoms with Crippen LogP contribution in [-0.2, 0) is 9.47 Å². The van der Waals surface area contributed by atoms with Gasteiger partial charge in [-0.25, -0.2) is 14.6 Å². The van der Waals surface area contributed by atoms with Crippen LogP contribution in [-0.4, -0.2) is 28.4 Å².